The Hall–Kier alpha value is -1.35. The fourth-order valence-electron chi connectivity index (χ4n) is 3.56. The van der Waals surface area contributed by atoms with Gasteiger partial charge in [-0.25, -0.2) is 0 Å². The molecule has 1 aromatic rings. The number of nitrogens with zero attached hydrogens (tertiary/aromatic N) is 3. The number of nitrogens with one attached hydrogen (secondary N) is 2. The Labute approximate surface area is 192 Å². The minimum Gasteiger partial charge on any atom is -0.357 e. The second-order valence-electron chi connectivity index (χ2n) is 7.93. The minimum atomic E-state index is 0. The third-order valence-corrected chi connectivity index (χ3v) is 5.26. The Kier molecular flexibility index (Phi) is 10.2. The molecule has 1 aromatic carbocycles. The van der Waals surface area contributed by atoms with Crippen molar-refractivity contribution in [3.05, 3.63) is 35.4 Å². The van der Waals surface area contributed by atoms with Gasteiger partial charge in [-0.2, -0.15) is 0 Å². The third kappa shape index (κ3) is 8.50. The number of carbonyl (C=O) groups excluding carboxylic acids is 1. The molecule has 1 saturated carbocycles. The fourth-order valence-corrected chi connectivity index (χ4v) is 3.56. The number of hydrogen-bond acceptors (Lipinski definition) is 3. The quantitative estimate of drug-likeness (QED) is 0.243. The van der Waals surface area contributed by atoms with Gasteiger partial charge in [0.15, 0.2) is 5.96 Å². The zero-order valence-corrected chi connectivity index (χ0v) is 20.2. The lowest BCUT2D eigenvalue weighted by Crippen LogP contribution is -2.52. The van der Waals surface area contributed by atoms with E-state index < -0.39 is 0 Å². The smallest absolute Gasteiger partial charge is 0.220 e. The van der Waals surface area contributed by atoms with Crippen molar-refractivity contribution in [2.75, 3.05) is 39.3 Å². The maximum atomic E-state index is 11.8. The molecule has 1 heterocycles. The van der Waals surface area contributed by atoms with E-state index in [1.54, 1.807) is 0 Å². The summed E-state index contributed by atoms with van der Waals surface area (Å²) >= 11 is 0. The summed E-state index contributed by atoms with van der Waals surface area (Å²) in [4.78, 5) is 21.4. The predicted octanol–water partition coefficient (Wildman–Crippen LogP) is 2.75. The predicted molar refractivity (Wildman–Crippen MR) is 130 cm³/mol. The number of benzene rings is 1. The number of carbonyl (C=O) groups is 1. The third-order valence-electron chi connectivity index (χ3n) is 5.26. The summed E-state index contributed by atoms with van der Waals surface area (Å²) in [6.07, 6.45) is 3.67. The number of aliphatic imine (C=N–C) groups is 1. The monoisotopic (exact) mass is 513 g/mol. The van der Waals surface area contributed by atoms with Crippen molar-refractivity contribution in [2.45, 2.75) is 52.1 Å². The van der Waals surface area contributed by atoms with Crippen LogP contribution < -0.4 is 10.6 Å². The molecule has 0 aromatic heterocycles. The lowest BCUT2D eigenvalue weighted by Gasteiger charge is -2.36. The van der Waals surface area contributed by atoms with Crippen molar-refractivity contribution in [2.24, 2.45) is 4.99 Å². The molecule has 0 unspecified atom stereocenters. The molecule has 1 aliphatic carbocycles. The molecule has 6 nitrogen and oxygen atoms in total. The lowest BCUT2D eigenvalue weighted by atomic mass is 10.1. The minimum absolute atomic E-state index is 0. The van der Waals surface area contributed by atoms with E-state index in [1.165, 1.54) is 11.1 Å². The van der Waals surface area contributed by atoms with Crippen LogP contribution in [0.15, 0.2) is 29.3 Å². The number of halogens is 1. The standard InChI is InChI=1S/C22H35N5O.HI/c1-3-23-22(24-11-5-8-21(28)25-20-9-10-20)27-14-12-26(13-15-27)17-19-7-4-6-18(2)16-19;/h4,6-7,16,20H,3,5,8-15,17H2,1-2H3,(H,23,24)(H,25,28);1H. The van der Waals surface area contributed by atoms with Gasteiger partial charge in [0, 0.05) is 58.3 Å². The maximum Gasteiger partial charge on any atom is 0.220 e. The first-order valence-corrected chi connectivity index (χ1v) is 10.7. The number of amides is 1. The fraction of sp³-hybridized carbons (Fsp3) is 0.636. The Balaban J connectivity index is 0.00000300. The highest BCUT2D eigenvalue weighted by molar-refractivity contribution is 14.0. The SMILES string of the molecule is CCNC(=NCCCC(=O)NC1CC1)N1CCN(Cc2cccc(C)c2)CC1.I. The summed E-state index contributed by atoms with van der Waals surface area (Å²) in [5.41, 5.74) is 2.71. The first-order chi connectivity index (χ1) is 13.6. The van der Waals surface area contributed by atoms with E-state index in [1.807, 2.05) is 0 Å². The normalized spacial score (nSPS) is 17.6. The summed E-state index contributed by atoms with van der Waals surface area (Å²) in [7, 11) is 0. The number of guanidine groups is 1. The molecule has 7 heteroatoms. The Bertz CT molecular complexity index is 669. The van der Waals surface area contributed by atoms with Crippen LogP contribution in [0.1, 0.15) is 43.7 Å². The van der Waals surface area contributed by atoms with Crippen molar-refractivity contribution in [3.63, 3.8) is 0 Å². The van der Waals surface area contributed by atoms with Crippen LogP contribution in [-0.2, 0) is 11.3 Å². The Morgan fingerprint density at radius 1 is 1.21 bits per heavy atom. The molecule has 0 bridgehead atoms. The molecule has 0 radical (unpaired) electrons. The van der Waals surface area contributed by atoms with Gasteiger partial charge in [0.25, 0.3) is 0 Å². The van der Waals surface area contributed by atoms with Gasteiger partial charge < -0.3 is 15.5 Å². The molecule has 2 N–H and O–H groups in total. The molecule has 3 rings (SSSR count). The summed E-state index contributed by atoms with van der Waals surface area (Å²) in [5, 5.41) is 6.45. The number of hydrogen-bond donors (Lipinski definition) is 2. The van der Waals surface area contributed by atoms with E-state index in [-0.39, 0.29) is 29.9 Å². The average molecular weight is 513 g/mol. The van der Waals surface area contributed by atoms with E-state index in [9.17, 15) is 4.79 Å². The van der Waals surface area contributed by atoms with Crippen LogP contribution in [0.3, 0.4) is 0 Å². The van der Waals surface area contributed by atoms with E-state index in [0.717, 1.165) is 64.5 Å². The van der Waals surface area contributed by atoms with E-state index in [4.69, 9.17) is 4.99 Å². The number of aryl methyl sites for hydroxylation is 1. The second-order valence-corrected chi connectivity index (χ2v) is 7.93. The van der Waals surface area contributed by atoms with Crippen molar-refractivity contribution in [1.29, 1.82) is 0 Å². The van der Waals surface area contributed by atoms with E-state index in [2.05, 4.69) is 58.5 Å². The van der Waals surface area contributed by atoms with Gasteiger partial charge in [-0.3, -0.25) is 14.7 Å². The van der Waals surface area contributed by atoms with Crippen LogP contribution in [0.25, 0.3) is 0 Å². The maximum absolute atomic E-state index is 11.8. The highest BCUT2D eigenvalue weighted by Gasteiger charge is 2.23. The van der Waals surface area contributed by atoms with E-state index >= 15 is 0 Å². The molecule has 2 aliphatic rings. The van der Waals surface area contributed by atoms with Crippen molar-refractivity contribution < 1.29 is 4.79 Å². The van der Waals surface area contributed by atoms with E-state index in [0.29, 0.717) is 19.0 Å². The van der Waals surface area contributed by atoms with Gasteiger partial charge >= 0.3 is 0 Å². The molecular weight excluding hydrogens is 477 g/mol. The number of rotatable bonds is 8. The molecule has 162 valence electrons. The van der Waals surface area contributed by atoms with Gasteiger partial charge in [0.1, 0.15) is 0 Å². The molecule has 1 amide bonds. The van der Waals surface area contributed by atoms with Crippen molar-refractivity contribution >= 4 is 35.8 Å². The summed E-state index contributed by atoms with van der Waals surface area (Å²) in [6, 6.07) is 9.23. The molecule has 0 atom stereocenters. The van der Waals surface area contributed by atoms with Gasteiger partial charge in [0.05, 0.1) is 0 Å². The molecule has 0 spiro atoms. The first-order valence-electron chi connectivity index (χ1n) is 10.7. The van der Waals surface area contributed by atoms with Gasteiger partial charge in [-0.05, 0) is 38.7 Å². The van der Waals surface area contributed by atoms with Crippen LogP contribution in [0.4, 0.5) is 0 Å². The second kappa shape index (κ2) is 12.4. The Morgan fingerprint density at radius 2 is 1.97 bits per heavy atom. The summed E-state index contributed by atoms with van der Waals surface area (Å²) < 4.78 is 0. The zero-order valence-electron chi connectivity index (χ0n) is 17.8. The van der Waals surface area contributed by atoms with Crippen LogP contribution in [0.2, 0.25) is 0 Å². The van der Waals surface area contributed by atoms with Crippen LogP contribution in [-0.4, -0.2) is 67.0 Å². The zero-order chi connectivity index (χ0) is 19.8. The molecule has 29 heavy (non-hydrogen) atoms. The van der Waals surface area contributed by atoms with Gasteiger partial charge in [0.2, 0.25) is 5.91 Å². The molecule has 1 saturated heterocycles. The average Bonchev–Trinajstić information content (AvgIpc) is 3.49. The van der Waals surface area contributed by atoms with Crippen LogP contribution >= 0.6 is 24.0 Å². The molecule has 2 fully saturated rings. The van der Waals surface area contributed by atoms with Crippen LogP contribution in [0, 0.1) is 6.92 Å². The largest absolute Gasteiger partial charge is 0.357 e. The van der Waals surface area contributed by atoms with Crippen LogP contribution in [0.5, 0.6) is 0 Å². The highest BCUT2D eigenvalue weighted by Crippen LogP contribution is 2.18. The topological polar surface area (TPSA) is 60.0 Å². The highest BCUT2D eigenvalue weighted by atomic mass is 127. The summed E-state index contributed by atoms with van der Waals surface area (Å²) in [5.74, 6) is 1.16. The Morgan fingerprint density at radius 3 is 2.62 bits per heavy atom. The van der Waals surface area contributed by atoms with Crippen molar-refractivity contribution in [1.82, 2.24) is 20.4 Å². The molecular formula is C22H36IN5O. The summed E-state index contributed by atoms with van der Waals surface area (Å²) in [6.45, 7) is 10.9. The van der Waals surface area contributed by atoms with Gasteiger partial charge in [-0.15, -0.1) is 24.0 Å². The van der Waals surface area contributed by atoms with Crippen molar-refractivity contribution in [3.8, 4) is 0 Å². The first kappa shape index (κ1) is 23.9. The lowest BCUT2D eigenvalue weighted by molar-refractivity contribution is -0.121. The van der Waals surface area contributed by atoms with Gasteiger partial charge in [-0.1, -0.05) is 29.8 Å². The number of piperazine rings is 1. The molecule has 1 aliphatic heterocycles.